The number of methoxy groups -OCH3 is 1. The van der Waals surface area contributed by atoms with Crippen molar-refractivity contribution in [3.63, 3.8) is 0 Å². The molecule has 0 saturated heterocycles. The molecule has 1 amide bonds. The van der Waals surface area contributed by atoms with E-state index in [0.717, 1.165) is 6.20 Å². The Balaban J connectivity index is 1.99. The van der Waals surface area contributed by atoms with Crippen molar-refractivity contribution in [1.82, 2.24) is 15.3 Å². The molecule has 2 aromatic heterocycles. The Bertz CT molecular complexity index is 965. The number of nitro groups is 1. The van der Waals surface area contributed by atoms with Crippen molar-refractivity contribution < 1.29 is 19.6 Å². The van der Waals surface area contributed by atoms with Gasteiger partial charge in [-0.05, 0) is 24.3 Å². The molecule has 0 aliphatic carbocycles. The Morgan fingerprint density at radius 1 is 1.38 bits per heavy atom. The van der Waals surface area contributed by atoms with Gasteiger partial charge in [0, 0.05) is 36.2 Å². The Hall–Kier alpha value is -3.46. The molecule has 0 radical (unpaired) electrons. The second-order valence-corrected chi connectivity index (χ2v) is 5.52. The number of carbonyl (C=O) groups excluding carboxylic acids is 1. The van der Waals surface area contributed by atoms with Gasteiger partial charge < -0.3 is 20.1 Å². The quantitative estimate of drug-likeness (QED) is 0.353. The van der Waals surface area contributed by atoms with Crippen molar-refractivity contribution in [2.45, 2.75) is 0 Å². The maximum atomic E-state index is 12.2. The number of aromatic hydroxyl groups is 1. The standard InChI is InChI=1S/C17H16N4O5/c1-26-7-6-18-16(22)10-2-4-13-12(8-10)15(17(23)20-13)14-5-3-11(9-19-14)21(24)25/h2-5,8-9,20,23H,6-7H2,1H3,(H,18,22). The molecule has 26 heavy (non-hydrogen) atoms. The van der Waals surface area contributed by atoms with Crippen LogP contribution >= 0.6 is 0 Å². The van der Waals surface area contributed by atoms with Crippen LogP contribution in [-0.2, 0) is 4.74 Å². The van der Waals surface area contributed by atoms with E-state index in [1.54, 1.807) is 25.3 Å². The zero-order valence-corrected chi connectivity index (χ0v) is 13.9. The second kappa shape index (κ2) is 7.19. The summed E-state index contributed by atoms with van der Waals surface area (Å²) in [4.78, 5) is 29.3. The van der Waals surface area contributed by atoms with Crippen LogP contribution < -0.4 is 5.32 Å². The average Bonchev–Trinajstić information content (AvgIpc) is 2.96. The number of nitrogens with one attached hydrogen (secondary N) is 2. The van der Waals surface area contributed by atoms with Gasteiger partial charge >= 0.3 is 0 Å². The highest BCUT2D eigenvalue weighted by atomic mass is 16.6. The largest absolute Gasteiger partial charge is 0.494 e. The summed E-state index contributed by atoms with van der Waals surface area (Å²) in [6, 6.07) is 7.70. The van der Waals surface area contributed by atoms with Crippen molar-refractivity contribution >= 4 is 22.5 Å². The maximum Gasteiger partial charge on any atom is 0.287 e. The zero-order valence-electron chi connectivity index (χ0n) is 13.9. The number of amides is 1. The molecular weight excluding hydrogens is 340 g/mol. The molecule has 9 heteroatoms. The normalized spacial score (nSPS) is 10.8. The molecule has 0 atom stereocenters. The molecule has 3 rings (SSSR count). The van der Waals surface area contributed by atoms with Gasteiger partial charge in [0.2, 0.25) is 0 Å². The number of hydrogen-bond acceptors (Lipinski definition) is 6. The molecule has 0 spiro atoms. The lowest BCUT2D eigenvalue weighted by Crippen LogP contribution is -2.26. The van der Waals surface area contributed by atoms with Gasteiger partial charge in [0.05, 0.1) is 22.8 Å². The van der Waals surface area contributed by atoms with Crippen LogP contribution in [-0.4, -0.2) is 46.2 Å². The highest BCUT2D eigenvalue weighted by Crippen LogP contribution is 2.36. The Morgan fingerprint density at radius 3 is 2.85 bits per heavy atom. The molecule has 0 saturated carbocycles. The van der Waals surface area contributed by atoms with Crippen LogP contribution in [0, 0.1) is 10.1 Å². The molecule has 0 aliphatic rings. The number of aromatic amines is 1. The Labute approximate surface area is 147 Å². The number of hydrogen-bond donors (Lipinski definition) is 3. The molecule has 3 N–H and O–H groups in total. The SMILES string of the molecule is COCCNC(=O)c1ccc2[nH]c(O)c(-c3ccc([N+](=O)[O-])cn3)c2c1. The predicted molar refractivity (Wildman–Crippen MR) is 94.1 cm³/mol. The van der Waals surface area contributed by atoms with Crippen LogP contribution in [0.1, 0.15) is 10.4 Å². The molecule has 134 valence electrons. The van der Waals surface area contributed by atoms with Crippen molar-refractivity contribution in [3.05, 3.63) is 52.2 Å². The van der Waals surface area contributed by atoms with E-state index in [1.165, 1.54) is 12.1 Å². The van der Waals surface area contributed by atoms with Gasteiger partial charge in [-0.15, -0.1) is 0 Å². The summed E-state index contributed by atoms with van der Waals surface area (Å²) in [6.45, 7) is 0.777. The molecular formula is C17H16N4O5. The number of fused-ring (bicyclic) bond motifs is 1. The van der Waals surface area contributed by atoms with Crippen LogP contribution in [0.3, 0.4) is 0 Å². The molecule has 2 heterocycles. The number of H-pyrrole nitrogens is 1. The van der Waals surface area contributed by atoms with Gasteiger partial charge in [-0.2, -0.15) is 0 Å². The Kier molecular flexibility index (Phi) is 4.81. The summed E-state index contributed by atoms with van der Waals surface area (Å²) in [6.07, 6.45) is 1.12. The molecule has 9 nitrogen and oxygen atoms in total. The number of aromatic nitrogens is 2. The minimum absolute atomic E-state index is 0.127. The van der Waals surface area contributed by atoms with Gasteiger partial charge in [-0.3, -0.25) is 14.9 Å². The first-order chi connectivity index (χ1) is 12.5. The van der Waals surface area contributed by atoms with E-state index < -0.39 is 4.92 Å². The molecule has 0 fully saturated rings. The van der Waals surface area contributed by atoms with Crippen LogP contribution in [0.4, 0.5) is 5.69 Å². The summed E-state index contributed by atoms with van der Waals surface area (Å²) < 4.78 is 4.90. The monoisotopic (exact) mass is 356 g/mol. The first-order valence-electron chi connectivity index (χ1n) is 7.74. The minimum atomic E-state index is -0.547. The molecule has 0 aliphatic heterocycles. The van der Waals surface area contributed by atoms with E-state index in [2.05, 4.69) is 15.3 Å². The molecule has 1 aromatic carbocycles. The van der Waals surface area contributed by atoms with E-state index >= 15 is 0 Å². The zero-order chi connectivity index (χ0) is 18.7. The minimum Gasteiger partial charge on any atom is -0.494 e. The number of carbonyl (C=O) groups is 1. The summed E-state index contributed by atoms with van der Waals surface area (Å²) >= 11 is 0. The lowest BCUT2D eigenvalue weighted by molar-refractivity contribution is -0.385. The summed E-state index contributed by atoms with van der Waals surface area (Å²) in [7, 11) is 1.55. The van der Waals surface area contributed by atoms with E-state index in [0.29, 0.717) is 40.9 Å². The highest BCUT2D eigenvalue weighted by Gasteiger charge is 2.17. The number of rotatable bonds is 6. The second-order valence-electron chi connectivity index (χ2n) is 5.52. The molecule has 0 unspecified atom stereocenters. The summed E-state index contributed by atoms with van der Waals surface area (Å²) in [5.74, 6) is -0.398. The number of pyridine rings is 1. The first-order valence-corrected chi connectivity index (χ1v) is 7.74. The predicted octanol–water partition coefficient (Wildman–Crippen LogP) is 2.22. The molecule has 3 aromatic rings. The first kappa shape index (κ1) is 17.4. The maximum absolute atomic E-state index is 12.2. The van der Waals surface area contributed by atoms with Gasteiger partial charge in [0.1, 0.15) is 6.20 Å². The van der Waals surface area contributed by atoms with E-state index in [1.807, 2.05) is 0 Å². The number of nitrogens with zero attached hydrogens (tertiary/aromatic N) is 2. The van der Waals surface area contributed by atoms with E-state index in [4.69, 9.17) is 4.74 Å². The van der Waals surface area contributed by atoms with E-state index in [-0.39, 0.29) is 17.5 Å². The van der Waals surface area contributed by atoms with Crippen LogP contribution in [0.5, 0.6) is 5.88 Å². The third-order valence-corrected chi connectivity index (χ3v) is 3.85. The smallest absolute Gasteiger partial charge is 0.287 e. The average molecular weight is 356 g/mol. The van der Waals surface area contributed by atoms with Gasteiger partial charge in [-0.1, -0.05) is 0 Å². The fourth-order valence-corrected chi connectivity index (χ4v) is 2.59. The van der Waals surface area contributed by atoms with Gasteiger partial charge in [-0.25, -0.2) is 4.98 Å². The third-order valence-electron chi connectivity index (χ3n) is 3.85. The topological polar surface area (TPSA) is 130 Å². The number of ether oxygens (including phenoxy) is 1. The van der Waals surface area contributed by atoms with Gasteiger partial charge in [0.15, 0.2) is 5.88 Å². The fourth-order valence-electron chi connectivity index (χ4n) is 2.59. The summed E-state index contributed by atoms with van der Waals surface area (Å²) in [5, 5.41) is 24.3. The highest BCUT2D eigenvalue weighted by molar-refractivity contribution is 6.03. The van der Waals surface area contributed by atoms with Gasteiger partial charge in [0.25, 0.3) is 11.6 Å². The van der Waals surface area contributed by atoms with Crippen LogP contribution in [0.25, 0.3) is 22.2 Å². The van der Waals surface area contributed by atoms with Crippen LogP contribution in [0.2, 0.25) is 0 Å². The lowest BCUT2D eigenvalue weighted by Gasteiger charge is -2.05. The van der Waals surface area contributed by atoms with Crippen molar-refractivity contribution in [2.24, 2.45) is 0 Å². The lowest BCUT2D eigenvalue weighted by atomic mass is 10.1. The fraction of sp³-hybridized carbons (Fsp3) is 0.176. The van der Waals surface area contributed by atoms with Crippen molar-refractivity contribution in [1.29, 1.82) is 0 Å². The van der Waals surface area contributed by atoms with Crippen molar-refractivity contribution in [2.75, 3.05) is 20.3 Å². The van der Waals surface area contributed by atoms with E-state index in [9.17, 15) is 20.0 Å². The van der Waals surface area contributed by atoms with Crippen LogP contribution in [0.15, 0.2) is 36.5 Å². The Morgan fingerprint density at radius 2 is 2.19 bits per heavy atom. The summed E-state index contributed by atoms with van der Waals surface area (Å²) in [5.41, 5.74) is 1.62. The molecule has 0 bridgehead atoms. The third kappa shape index (κ3) is 3.33. The number of benzene rings is 1. The van der Waals surface area contributed by atoms with Crippen molar-refractivity contribution in [3.8, 4) is 17.1 Å².